The zero-order valence-corrected chi connectivity index (χ0v) is 21.4. The number of rotatable bonds is 9. The average Bonchev–Trinajstić information content (AvgIpc) is 3.09. The van der Waals surface area contributed by atoms with E-state index in [1.807, 2.05) is 30.3 Å². The molecule has 0 aromatic heterocycles. The van der Waals surface area contributed by atoms with Crippen molar-refractivity contribution in [3.05, 3.63) is 35.9 Å². The van der Waals surface area contributed by atoms with Gasteiger partial charge >= 0.3 is 7.60 Å². The highest BCUT2D eigenvalue weighted by Gasteiger charge is 2.56. The van der Waals surface area contributed by atoms with E-state index in [9.17, 15) is 14.4 Å². The lowest BCUT2D eigenvalue weighted by Crippen LogP contribution is -2.58. The Morgan fingerprint density at radius 2 is 1.61 bits per heavy atom. The summed E-state index contributed by atoms with van der Waals surface area (Å²) in [4.78, 5) is 21.1. The van der Waals surface area contributed by atoms with Gasteiger partial charge < -0.3 is 38.4 Å². The second kappa shape index (κ2) is 12.7. The topological polar surface area (TPSA) is 107 Å². The van der Waals surface area contributed by atoms with E-state index < -0.39 is 50.3 Å². The number of ether oxygens (including phenoxy) is 5. The van der Waals surface area contributed by atoms with Crippen LogP contribution in [0.25, 0.3) is 0 Å². The Kier molecular flexibility index (Phi) is 10.9. The van der Waals surface area contributed by atoms with Gasteiger partial charge in [-0.2, -0.15) is 0 Å². The maximum absolute atomic E-state index is 11.5. The normalized spacial score (nSPS) is 28.8. The third-order valence-electron chi connectivity index (χ3n) is 5.71. The average molecular weight is 490 g/mol. The second-order valence-electron chi connectivity index (χ2n) is 8.57. The van der Waals surface area contributed by atoms with E-state index in [0.29, 0.717) is 6.61 Å². The minimum atomic E-state index is -4.30. The molecule has 2 heterocycles. The lowest BCUT2D eigenvalue weighted by molar-refractivity contribution is -0.278. The minimum absolute atomic E-state index is 0.324. The van der Waals surface area contributed by atoms with Crippen LogP contribution in [-0.2, 0) is 34.9 Å². The zero-order valence-electron chi connectivity index (χ0n) is 20.5. The monoisotopic (exact) mass is 489 g/mol. The van der Waals surface area contributed by atoms with Gasteiger partial charge in [0, 0.05) is 7.11 Å². The van der Waals surface area contributed by atoms with Crippen LogP contribution in [-0.4, -0.2) is 84.1 Å². The maximum Gasteiger partial charge on any atom is 0.328 e. The molecule has 0 unspecified atom stereocenters. The summed E-state index contributed by atoms with van der Waals surface area (Å²) in [7, 11) is -2.84. The van der Waals surface area contributed by atoms with Crippen LogP contribution in [0.15, 0.2) is 30.3 Å². The molecule has 10 heteroatoms. The predicted molar refractivity (Wildman–Crippen MR) is 125 cm³/mol. The Bertz CT molecular complexity index is 734. The van der Waals surface area contributed by atoms with Crippen LogP contribution in [0.2, 0.25) is 0 Å². The smallest absolute Gasteiger partial charge is 0.328 e. The predicted octanol–water partition coefficient (Wildman–Crippen LogP) is 2.99. The van der Waals surface area contributed by atoms with Gasteiger partial charge in [0.25, 0.3) is 0 Å². The van der Waals surface area contributed by atoms with Crippen molar-refractivity contribution in [2.24, 2.45) is 0 Å². The van der Waals surface area contributed by atoms with Gasteiger partial charge in [0.1, 0.15) is 24.4 Å². The Labute approximate surface area is 197 Å². The van der Waals surface area contributed by atoms with E-state index in [1.165, 1.54) is 26.7 Å². The molecule has 0 radical (unpaired) electrons. The van der Waals surface area contributed by atoms with Gasteiger partial charge in [0.05, 0.1) is 12.8 Å². The summed E-state index contributed by atoms with van der Waals surface area (Å²) < 4.78 is 40.5. The van der Waals surface area contributed by atoms with Crippen molar-refractivity contribution >= 4 is 7.60 Å². The van der Waals surface area contributed by atoms with Crippen LogP contribution < -0.4 is 0 Å². The first kappa shape index (κ1) is 28.4. The lowest BCUT2D eigenvalue weighted by Gasteiger charge is -2.41. The summed E-state index contributed by atoms with van der Waals surface area (Å²) in [6, 6.07) is 9.64. The Balaban J connectivity index is 0.000000479. The minimum Gasteiger partial charge on any atom is -0.365 e. The molecule has 2 N–H and O–H groups in total. The fourth-order valence-corrected chi connectivity index (χ4v) is 4.79. The molecule has 0 amide bonds. The number of nitrogens with zero attached hydrogens (tertiary/aromatic N) is 1. The van der Waals surface area contributed by atoms with E-state index in [-0.39, 0.29) is 0 Å². The molecule has 5 atom stereocenters. The van der Waals surface area contributed by atoms with Crippen LogP contribution in [0.4, 0.5) is 0 Å². The molecule has 0 spiro atoms. The first-order valence-corrected chi connectivity index (χ1v) is 13.3. The van der Waals surface area contributed by atoms with Gasteiger partial charge in [-0.15, -0.1) is 0 Å². The van der Waals surface area contributed by atoms with Gasteiger partial charge in [-0.25, -0.2) is 0 Å². The SMILES string of the molecule is CCN(CC)CC.CO[C@@H]1O[C@H](CP(=O)(O)O)[C@@H]2OC(C)(C)O[C@@H]2[C@H]1OCc1ccccc1. The third kappa shape index (κ3) is 8.69. The summed E-state index contributed by atoms with van der Waals surface area (Å²) in [5, 5.41) is 0. The molecule has 0 saturated carbocycles. The van der Waals surface area contributed by atoms with Crippen molar-refractivity contribution in [3.8, 4) is 0 Å². The van der Waals surface area contributed by atoms with Gasteiger partial charge in [-0.05, 0) is 39.0 Å². The molecule has 190 valence electrons. The van der Waals surface area contributed by atoms with E-state index in [1.54, 1.807) is 13.8 Å². The van der Waals surface area contributed by atoms with Crippen LogP contribution in [0.3, 0.4) is 0 Å². The van der Waals surface area contributed by atoms with Crippen molar-refractivity contribution in [2.45, 2.75) is 77.7 Å². The Hall–Kier alpha value is -0.870. The molecule has 2 fully saturated rings. The fourth-order valence-electron chi connectivity index (χ4n) is 4.02. The number of methoxy groups -OCH3 is 1. The molecule has 0 aliphatic carbocycles. The summed E-state index contributed by atoms with van der Waals surface area (Å²) in [5.74, 6) is -0.914. The van der Waals surface area contributed by atoms with Crippen molar-refractivity contribution < 1.29 is 38.0 Å². The van der Waals surface area contributed by atoms with Crippen LogP contribution in [0.1, 0.15) is 40.2 Å². The molecule has 2 aliphatic rings. The molecule has 3 rings (SSSR count). The fraction of sp³-hybridized carbons (Fsp3) is 0.739. The van der Waals surface area contributed by atoms with Gasteiger partial charge in [0.15, 0.2) is 12.1 Å². The summed E-state index contributed by atoms with van der Waals surface area (Å²) >= 11 is 0. The van der Waals surface area contributed by atoms with Crippen molar-refractivity contribution in [2.75, 3.05) is 32.9 Å². The molecular formula is C23H40NO8P. The number of benzene rings is 1. The van der Waals surface area contributed by atoms with Gasteiger partial charge in [0.2, 0.25) is 0 Å². The summed E-state index contributed by atoms with van der Waals surface area (Å²) in [6.07, 6.45) is -3.98. The van der Waals surface area contributed by atoms with Crippen LogP contribution >= 0.6 is 7.60 Å². The molecule has 1 aromatic rings. The molecule has 9 nitrogen and oxygen atoms in total. The van der Waals surface area contributed by atoms with Crippen LogP contribution in [0.5, 0.6) is 0 Å². The largest absolute Gasteiger partial charge is 0.365 e. The molecule has 1 aromatic carbocycles. The van der Waals surface area contributed by atoms with Crippen molar-refractivity contribution in [3.63, 3.8) is 0 Å². The first-order chi connectivity index (χ1) is 15.5. The molecular weight excluding hydrogens is 449 g/mol. The van der Waals surface area contributed by atoms with E-state index in [4.69, 9.17) is 23.7 Å². The number of hydrogen-bond acceptors (Lipinski definition) is 7. The standard InChI is InChI=1S/C17H25O8P.C6H15N/c1-17(2)24-13-12(10-26(18,19)20)23-16(21-3)15(14(13)25-17)22-9-11-7-5-4-6-8-11;1-4-7(5-2)6-3/h4-8,12-16H,9-10H2,1-3H3,(H2,18,19,20);4-6H2,1-3H3/t12-,13+,14+,15-,16-;/m1./s1. The first-order valence-electron chi connectivity index (χ1n) is 11.5. The van der Waals surface area contributed by atoms with Gasteiger partial charge in [-0.1, -0.05) is 51.1 Å². The van der Waals surface area contributed by atoms with E-state index in [0.717, 1.165) is 5.56 Å². The lowest BCUT2D eigenvalue weighted by atomic mass is 9.99. The molecule has 0 bridgehead atoms. The van der Waals surface area contributed by atoms with Crippen molar-refractivity contribution in [1.29, 1.82) is 0 Å². The number of hydrogen-bond donors (Lipinski definition) is 2. The van der Waals surface area contributed by atoms with Crippen LogP contribution in [0, 0.1) is 0 Å². The molecule has 2 saturated heterocycles. The highest BCUT2D eigenvalue weighted by molar-refractivity contribution is 7.51. The molecule has 33 heavy (non-hydrogen) atoms. The molecule has 2 aliphatic heterocycles. The number of fused-ring (bicyclic) bond motifs is 1. The summed E-state index contributed by atoms with van der Waals surface area (Å²) in [5.41, 5.74) is 0.981. The van der Waals surface area contributed by atoms with E-state index >= 15 is 0 Å². The van der Waals surface area contributed by atoms with Crippen molar-refractivity contribution in [1.82, 2.24) is 4.90 Å². The zero-order chi connectivity index (χ0) is 24.6. The Morgan fingerprint density at radius 1 is 1.03 bits per heavy atom. The second-order valence-corrected chi connectivity index (χ2v) is 10.3. The highest BCUT2D eigenvalue weighted by atomic mass is 31.2. The van der Waals surface area contributed by atoms with Gasteiger partial charge in [-0.3, -0.25) is 4.57 Å². The third-order valence-corrected chi connectivity index (χ3v) is 6.54. The highest BCUT2D eigenvalue weighted by Crippen LogP contribution is 2.44. The van der Waals surface area contributed by atoms with E-state index in [2.05, 4.69) is 25.7 Å². The Morgan fingerprint density at radius 3 is 2.09 bits per heavy atom. The maximum atomic E-state index is 11.5. The summed E-state index contributed by atoms with van der Waals surface area (Å²) in [6.45, 7) is 13.9. The quantitative estimate of drug-likeness (QED) is 0.506.